The average Bonchev–Trinajstić information content (AvgIpc) is 3.14. The molecule has 1 aromatic carbocycles. The minimum Gasteiger partial charge on any atom is -0.347 e. The summed E-state index contributed by atoms with van der Waals surface area (Å²) in [6, 6.07) is 12.7. The van der Waals surface area contributed by atoms with E-state index in [4.69, 9.17) is 0 Å². The Morgan fingerprint density at radius 3 is 2.54 bits per heavy atom. The van der Waals surface area contributed by atoms with Crippen LogP contribution in [-0.2, 0) is 13.1 Å². The Hall–Kier alpha value is -3.48. The second kappa shape index (κ2) is 6.44. The lowest BCUT2D eigenvalue weighted by atomic mass is 10.2. The molecule has 0 fully saturated rings. The van der Waals surface area contributed by atoms with Gasteiger partial charge in [-0.2, -0.15) is 5.10 Å². The van der Waals surface area contributed by atoms with Crippen LogP contribution in [0.1, 0.15) is 23.0 Å². The Kier molecular flexibility index (Phi) is 3.96. The Morgan fingerprint density at radius 1 is 1.08 bits per heavy atom. The second-order valence-corrected chi connectivity index (χ2v) is 5.90. The first-order valence-corrected chi connectivity index (χ1v) is 8.37. The summed E-state index contributed by atoms with van der Waals surface area (Å²) in [6.45, 7) is 2.84. The summed E-state index contributed by atoms with van der Waals surface area (Å²) in [5, 5.41) is 7.19. The van der Waals surface area contributed by atoms with Gasteiger partial charge in [0.25, 0.3) is 11.5 Å². The minimum absolute atomic E-state index is 0.160. The largest absolute Gasteiger partial charge is 0.347 e. The number of nitrogens with one attached hydrogen (secondary N) is 1. The van der Waals surface area contributed by atoms with Gasteiger partial charge in [-0.3, -0.25) is 14.6 Å². The fraction of sp³-hybridized carbons (Fsp3) is 0.158. The maximum atomic E-state index is 12.8. The van der Waals surface area contributed by atoms with Crippen LogP contribution in [0.3, 0.4) is 0 Å². The van der Waals surface area contributed by atoms with E-state index >= 15 is 0 Å². The van der Waals surface area contributed by atoms with Crippen LogP contribution in [0.5, 0.6) is 0 Å². The Labute approximate surface area is 148 Å². The highest BCUT2D eigenvalue weighted by Crippen LogP contribution is 2.15. The van der Waals surface area contributed by atoms with E-state index in [-0.39, 0.29) is 17.2 Å². The highest BCUT2D eigenvalue weighted by atomic mass is 16.2. The number of benzene rings is 1. The number of carbonyl (C=O) groups excluding carboxylic acids is 1. The van der Waals surface area contributed by atoms with Crippen LogP contribution >= 0.6 is 0 Å². The molecule has 0 aliphatic carbocycles. The van der Waals surface area contributed by atoms with Crippen molar-refractivity contribution in [2.45, 2.75) is 20.0 Å². The van der Waals surface area contributed by atoms with Crippen LogP contribution in [0.15, 0.2) is 59.7 Å². The maximum absolute atomic E-state index is 12.8. The SMILES string of the molecule is CCn1c(=O)c2cc(C(=O)NCc3ccncc3)nn2c2ccccc21. The third-order valence-electron chi connectivity index (χ3n) is 4.33. The molecule has 130 valence electrons. The first-order valence-electron chi connectivity index (χ1n) is 8.37. The number of aromatic nitrogens is 4. The summed E-state index contributed by atoms with van der Waals surface area (Å²) in [5.41, 5.74) is 2.97. The quantitative estimate of drug-likeness (QED) is 0.612. The van der Waals surface area contributed by atoms with Gasteiger partial charge in [-0.1, -0.05) is 12.1 Å². The summed E-state index contributed by atoms with van der Waals surface area (Å²) >= 11 is 0. The van der Waals surface area contributed by atoms with Crippen molar-refractivity contribution in [2.24, 2.45) is 0 Å². The third-order valence-corrected chi connectivity index (χ3v) is 4.33. The fourth-order valence-electron chi connectivity index (χ4n) is 3.03. The zero-order valence-electron chi connectivity index (χ0n) is 14.2. The van der Waals surface area contributed by atoms with Crippen LogP contribution in [0.25, 0.3) is 16.6 Å². The topological polar surface area (TPSA) is 81.3 Å². The third kappa shape index (κ3) is 2.63. The zero-order chi connectivity index (χ0) is 18.1. The molecule has 1 N–H and O–H groups in total. The lowest BCUT2D eigenvalue weighted by Crippen LogP contribution is -2.23. The monoisotopic (exact) mass is 347 g/mol. The van der Waals surface area contributed by atoms with E-state index in [2.05, 4.69) is 15.4 Å². The van der Waals surface area contributed by atoms with Crippen molar-refractivity contribution >= 4 is 22.5 Å². The van der Waals surface area contributed by atoms with Gasteiger partial charge in [0.2, 0.25) is 0 Å². The number of aryl methyl sites for hydroxylation is 1. The summed E-state index contributed by atoms with van der Waals surface area (Å²) in [6.07, 6.45) is 3.34. The second-order valence-electron chi connectivity index (χ2n) is 5.90. The number of hydrogen-bond donors (Lipinski definition) is 1. The predicted octanol–water partition coefficient (Wildman–Crippen LogP) is 1.99. The van der Waals surface area contributed by atoms with Crippen LogP contribution in [0.4, 0.5) is 0 Å². The summed E-state index contributed by atoms with van der Waals surface area (Å²) in [7, 11) is 0. The van der Waals surface area contributed by atoms with Crippen molar-refractivity contribution < 1.29 is 4.79 Å². The summed E-state index contributed by atoms with van der Waals surface area (Å²) in [4.78, 5) is 29.2. The predicted molar refractivity (Wildman–Crippen MR) is 98.0 cm³/mol. The molecule has 7 nitrogen and oxygen atoms in total. The zero-order valence-corrected chi connectivity index (χ0v) is 14.2. The first kappa shape index (κ1) is 16.0. The normalized spacial score (nSPS) is 11.1. The van der Waals surface area contributed by atoms with Crippen LogP contribution in [0, 0.1) is 0 Å². The molecule has 0 saturated heterocycles. The molecule has 26 heavy (non-hydrogen) atoms. The van der Waals surface area contributed by atoms with E-state index in [1.54, 1.807) is 27.5 Å². The average molecular weight is 347 g/mol. The molecule has 0 spiro atoms. The van der Waals surface area contributed by atoms with Crippen molar-refractivity contribution in [3.8, 4) is 0 Å². The molecule has 0 aliphatic heterocycles. The minimum atomic E-state index is -0.322. The van der Waals surface area contributed by atoms with Gasteiger partial charge in [0.05, 0.1) is 11.0 Å². The van der Waals surface area contributed by atoms with Gasteiger partial charge < -0.3 is 9.88 Å². The van der Waals surface area contributed by atoms with Gasteiger partial charge in [0, 0.05) is 31.5 Å². The van der Waals surface area contributed by atoms with E-state index in [9.17, 15) is 9.59 Å². The van der Waals surface area contributed by atoms with Crippen LogP contribution < -0.4 is 10.9 Å². The van der Waals surface area contributed by atoms with Gasteiger partial charge in [-0.25, -0.2) is 4.52 Å². The van der Waals surface area contributed by atoms with Gasteiger partial charge in [0.1, 0.15) is 5.52 Å². The van der Waals surface area contributed by atoms with E-state index in [0.29, 0.717) is 18.6 Å². The number of amides is 1. The van der Waals surface area contributed by atoms with Crippen molar-refractivity contribution in [2.75, 3.05) is 0 Å². The molecular formula is C19H17N5O2. The van der Waals surface area contributed by atoms with Gasteiger partial charge in [-0.15, -0.1) is 0 Å². The van der Waals surface area contributed by atoms with Crippen molar-refractivity contribution in [3.63, 3.8) is 0 Å². The molecule has 4 aromatic rings. The molecule has 0 radical (unpaired) electrons. The lowest BCUT2D eigenvalue weighted by Gasteiger charge is -2.08. The lowest BCUT2D eigenvalue weighted by molar-refractivity contribution is 0.0945. The van der Waals surface area contributed by atoms with Crippen molar-refractivity contribution in [1.29, 1.82) is 0 Å². The number of nitrogens with zero attached hydrogens (tertiary/aromatic N) is 4. The summed E-state index contributed by atoms with van der Waals surface area (Å²) < 4.78 is 3.23. The van der Waals surface area contributed by atoms with Gasteiger partial charge >= 0.3 is 0 Å². The van der Waals surface area contributed by atoms with Crippen LogP contribution in [-0.4, -0.2) is 25.1 Å². The highest BCUT2D eigenvalue weighted by molar-refractivity contribution is 5.94. The van der Waals surface area contributed by atoms with E-state index < -0.39 is 0 Å². The molecule has 3 heterocycles. The van der Waals surface area contributed by atoms with Crippen LogP contribution in [0.2, 0.25) is 0 Å². The summed E-state index contributed by atoms with van der Waals surface area (Å²) in [5.74, 6) is -0.322. The molecule has 0 atom stereocenters. The molecule has 7 heteroatoms. The molecule has 0 saturated carbocycles. The number of rotatable bonds is 4. The fourth-order valence-corrected chi connectivity index (χ4v) is 3.03. The van der Waals surface area contributed by atoms with Gasteiger partial charge in [-0.05, 0) is 36.8 Å². The van der Waals surface area contributed by atoms with Gasteiger partial charge in [0.15, 0.2) is 5.69 Å². The molecular weight excluding hydrogens is 330 g/mol. The molecule has 3 aromatic heterocycles. The van der Waals surface area contributed by atoms with E-state index in [1.807, 2.05) is 43.3 Å². The molecule has 1 amide bonds. The van der Waals surface area contributed by atoms with Crippen molar-refractivity contribution in [3.05, 3.63) is 76.5 Å². The standard InChI is InChI=1S/C19H17N5O2/c1-2-23-15-5-3-4-6-16(15)24-17(19(23)26)11-14(22-24)18(25)21-12-13-7-9-20-10-8-13/h3-11H,2,12H2,1H3,(H,21,25). The molecule has 0 aliphatic rings. The Balaban J connectivity index is 1.75. The Morgan fingerprint density at radius 2 is 1.81 bits per heavy atom. The highest BCUT2D eigenvalue weighted by Gasteiger charge is 2.16. The number of pyridine rings is 1. The van der Waals surface area contributed by atoms with E-state index in [1.165, 1.54) is 0 Å². The maximum Gasteiger partial charge on any atom is 0.277 e. The number of carbonyl (C=O) groups is 1. The number of para-hydroxylation sites is 2. The molecule has 0 bridgehead atoms. The Bertz CT molecular complexity index is 1160. The number of fused-ring (bicyclic) bond motifs is 3. The van der Waals surface area contributed by atoms with Crippen molar-refractivity contribution in [1.82, 2.24) is 24.5 Å². The first-order chi connectivity index (χ1) is 12.7. The van der Waals surface area contributed by atoms with E-state index in [0.717, 1.165) is 16.6 Å². The molecule has 4 rings (SSSR count). The smallest absolute Gasteiger partial charge is 0.277 e. The molecule has 0 unspecified atom stereocenters. The number of hydrogen-bond acceptors (Lipinski definition) is 4.